The van der Waals surface area contributed by atoms with Gasteiger partial charge < -0.3 is 10.5 Å². The number of carbonyl (C=O) groups is 1. The number of nitrogens with zero attached hydrogens (tertiary/aromatic N) is 2. The first-order valence-electron chi connectivity index (χ1n) is 5.36. The van der Waals surface area contributed by atoms with E-state index in [-0.39, 0.29) is 6.61 Å². The van der Waals surface area contributed by atoms with Crippen LogP contribution in [0, 0.1) is 5.82 Å². The number of anilines is 2. The Balaban J connectivity index is 3.62. The molecular formula is C10H13ClFN3O4S. The van der Waals surface area contributed by atoms with E-state index in [0.29, 0.717) is 4.31 Å². The summed E-state index contributed by atoms with van der Waals surface area (Å²) in [7, 11) is -2.61. The lowest BCUT2D eigenvalue weighted by molar-refractivity contribution is 0.0527. The van der Waals surface area contributed by atoms with Gasteiger partial charge in [-0.05, 0) is 6.92 Å². The first kappa shape index (κ1) is 16.4. The topological polar surface area (TPSA) is 103 Å². The molecule has 0 atom stereocenters. The molecule has 7 nitrogen and oxygen atoms in total. The van der Waals surface area contributed by atoms with Gasteiger partial charge in [0.15, 0.2) is 16.8 Å². The highest BCUT2D eigenvalue weighted by Gasteiger charge is 2.28. The fraction of sp³-hybridized carbons (Fsp3) is 0.400. The van der Waals surface area contributed by atoms with Crippen LogP contribution in [0.3, 0.4) is 0 Å². The van der Waals surface area contributed by atoms with Crippen LogP contribution in [0.4, 0.5) is 15.9 Å². The third-order valence-electron chi connectivity index (χ3n) is 2.39. The van der Waals surface area contributed by atoms with Crippen LogP contribution < -0.4 is 10.0 Å². The van der Waals surface area contributed by atoms with Crippen molar-refractivity contribution in [1.82, 2.24) is 4.98 Å². The van der Waals surface area contributed by atoms with Gasteiger partial charge >= 0.3 is 5.97 Å². The number of nitrogen functional groups attached to an aromatic ring is 1. The fourth-order valence-electron chi connectivity index (χ4n) is 1.33. The van der Waals surface area contributed by atoms with Crippen molar-refractivity contribution in [3.05, 3.63) is 16.5 Å². The molecule has 112 valence electrons. The summed E-state index contributed by atoms with van der Waals surface area (Å²) in [5.41, 5.74) is 4.37. The summed E-state index contributed by atoms with van der Waals surface area (Å²) >= 11 is 5.53. The number of halogens is 2. The third kappa shape index (κ3) is 3.10. The van der Waals surface area contributed by atoms with Gasteiger partial charge in [-0.3, -0.25) is 4.31 Å². The van der Waals surface area contributed by atoms with Gasteiger partial charge in [-0.1, -0.05) is 11.6 Å². The molecule has 20 heavy (non-hydrogen) atoms. The molecule has 0 amide bonds. The van der Waals surface area contributed by atoms with Crippen molar-refractivity contribution in [3.8, 4) is 0 Å². The molecule has 0 bridgehead atoms. The third-order valence-corrected chi connectivity index (χ3v) is 3.81. The Morgan fingerprint density at radius 3 is 2.55 bits per heavy atom. The Bertz CT molecular complexity index is 650. The van der Waals surface area contributed by atoms with Crippen molar-refractivity contribution < 1.29 is 22.3 Å². The molecule has 0 aliphatic carbocycles. The molecule has 0 unspecified atom stereocenters. The van der Waals surface area contributed by atoms with E-state index in [1.807, 2.05) is 0 Å². The average molecular weight is 326 g/mol. The van der Waals surface area contributed by atoms with Crippen molar-refractivity contribution in [3.63, 3.8) is 0 Å². The summed E-state index contributed by atoms with van der Waals surface area (Å²) in [6, 6.07) is 0. The van der Waals surface area contributed by atoms with Crippen LogP contribution in [0.25, 0.3) is 0 Å². The van der Waals surface area contributed by atoms with E-state index in [2.05, 4.69) is 4.98 Å². The summed E-state index contributed by atoms with van der Waals surface area (Å²) < 4.78 is 42.1. The number of pyridine rings is 1. The fourth-order valence-corrected chi connectivity index (χ4v) is 1.96. The van der Waals surface area contributed by atoms with Gasteiger partial charge in [0.1, 0.15) is 5.56 Å². The molecule has 1 aromatic rings. The van der Waals surface area contributed by atoms with E-state index in [1.165, 1.54) is 6.92 Å². The molecular weight excluding hydrogens is 313 g/mol. The lowest BCUT2D eigenvalue weighted by atomic mass is 10.2. The molecule has 1 heterocycles. The average Bonchev–Trinajstić information content (AvgIpc) is 2.33. The molecule has 0 saturated carbocycles. The van der Waals surface area contributed by atoms with Gasteiger partial charge in [-0.15, -0.1) is 0 Å². The van der Waals surface area contributed by atoms with E-state index in [0.717, 1.165) is 13.3 Å². The SMILES string of the molecule is CCOC(=O)c1c(N(C)S(C)(=O)=O)nc(Cl)c(F)c1N. The zero-order valence-corrected chi connectivity index (χ0v) is 12.5. The van der Waals surface area contributed by atoms with E-state index < -0.39 is 44.0 Å². The number of ether oxygens (including phenoxy) is 1. The quantitative estimate of drug-likeness (QED) is 0.655. The van der Waals surface area contributed by atoms with Crippen molar-refractivity contribution >= 4 is 39.1 Å². The standard InChI is InChI=1S/C10H13ClFN3O4S/c1-4-19-10(16)5-7(13)6(12)8(11)14-9(5)15(2)20(3,17)18/h4H2,1-3H3,(H2,13,14). The second kappa shape index (κ2) is 5.80. The highest BCUT2D eigenvalue weighted by Crippen LogP contribution is 2.31. The largest absolute Gasteiger partial charge is 0.462 e. The van der Waals surface area contributed by atoms with Crippen LogP contribution in [0.5, 0.6) is 0 Å². The zero-order chi connectivity index (χ0) is 15.7. The van der Waals surface area contributed by atoms with Crippen LogP contribution in [-0.4, -0.2) is 39.3 Å². The molecule has 1 rings (SSSR count). The normalized spacial score (nSPS) is 11.2. The molecule has 10 heteroatoms. The van der Waals surface area contributed by atoms with E-state index in [4.69, 9.17) is 22.1 Å². The summed E-state index contributed by atoms with van der Waals surface area (Å²) in [6.07, 6.45) is 0.886. The molecule has 2 N–H and O–H groups in total. The predicted octanol–water partition coefficient (Wildman–Crippen LogP) is 1.03. The maximum Gasteiger partial charge on any atom is 0.344 e. The number of nitrogens with two attached hydrogens (primary N) is 1. The van der Waals surface area contributed by atoms with Gasteiger partial charge in [-0.2, -0.15) is 0 Å². The molecule has 0 fully saturated rings. The highest BCUT2D eigenvalue weighted by atomic mass is 35.5. The Morgan fingerprint density at radius 1 is 1.55 bits per heavy atom. The van der Waals surface area contributed by atoms with Crippen LogP contribution in [0.2, 0.25) is 5.15 Å². The Kier molecular flexibility index (Phi) is 4.77. The molecule has 1 aromatic heterocycles. The Labute approximate surface area is 120 Å². The predicted molar refractivity (Wildman–Crippen MR) is 72.8 cm³/mol. The number of hydrogen-bond donors (Lipinski definition) is 1. The summed E-state index contributed by atoms with van der Waals surface area (Å²) in [6.45, 7) is 1.54. The van der Waals surface area contributed by atoms with Gasteiger partial charge in [0.2, 0.25) is 10.0 Å². The smallest absolute Gasteiger partial charge is 0.344 e. The van der Waals surface area contributed by atoms with Gasteiger partial charge in [0, 0.05) is 7.05 Å². The summed E-state index contributed by atoms with van der Waals surface area (Å²) in [5, 5.41) is -0.638. The molecule has 0 aliphatic heterocycles. The van der Waals surface area contributed by atoms with Crippen LogP contribution >= 0.6 is 11.6 Å². The number of esters is 1. The van der Waals surface area contributed by atoms with Crippen molar-refractivity contribution in [2.45, 2.75) is 6.92 Å². The van der Waals surface area contributed by atoms with Gasteiger partial charge in [0.25, 0.3) is 0 Å². The van der Waals surface area contributed by atoms with Crippen molar-refractivity contribution in [1.29, 1.82) is 0 Å². The minimum absolute atomic E-state index is 0.00451. The van der Waals surface area contributed by atoms with E-state index in [1.54, 1.807) is 0 Å². The van der Waals surface area contributed by atoms with E-state index in [9.17, 15) is 17.6 Å². The Hall–Kier alpha value is -1.61. The number of carbonyl (C=O) groups excluding carboxylic acids is 1. The molecule has 0 spiro atoms. The van der Waals surface area contributed by atoms with Crippen LogP contribution in [0.15, 0.2) is 0 Å². The lowest BCUT2D eigenvalue weighted by Crippen LogP contribution is -2.29. The van der Waals surface area contributed by atoms with Crippen molar-refractivity contribution in [2.75, 3.05) is 29.9 Å². The first-order valence-corrected chi connectivity index (χ1v) is 7.59. The second-order valence-corrected chi connectivity index (χ2v) is 6.15. The minimum atomic E-state index is -3.75. The minimum Gasteiger partial charge on any atom is -0.462 e. The molecule has 0 radical (unpaired) electrons. The lowest BCUT2D eigenvalue weighted by Gasteiger charge is -2.20. The number of rotatable bonds is 4. The number of sulfonamides is 1. The first-order chi connectivity index (χ1) is 9.11. The van der Waals surface area contributed by atoms with Crippen LogP contribution in [-0.2, 0) is 14.8 Å². The zero-order valence-electron chi connectivity index (χ0n) is 11.0. The van der Waals surface area contributed by atoms with Gasteiger partial charge in [-0.25, -0.2) is 22.6 Å². The summed E-state index contributed by atoms with van der Waals surface area (Å²) in [4.78, 5) is 15.4. The molecule has 0 aliphatic rings. The number of hydrogen-bond acceptors (Lipinski definition) is 6. The highest BCUT2D eigenvalue weighted by molar-refractivity contribution is 7.92. The monoisotopic (exact) mass is 325 g/mol. The molecule has 0 saturated heterocycles. The Morgan fingerprint density at radius 2 is 2.10 bits per heavy atom. The van der Waals surface area contributed by atoms with E-state index >= 15 is 0 Å². The van der Waals surface area contributed by atoms with Gasteiger partial charge in [0.05, 0.1) is 18.6 Å². The number of aromatic nitrogens is 1. The summed E-state index contributed by atoms with van der Waals surface area (Å²) in [5.74, 6) is -2.49. The maximum absolute atomic E-state index is 13.6. The van der Waals surface area contributed by atoms with Crippen molar-refractivity contribution in [2.24, 2.45) is 0 Å². The molecule has 0 aromatic carbocycles. The second-order valence-electron chi connectivity index (χ2n) is 3.78. The van der Waals surface area contributed by atoms with Crippen LogP contribution in [0.1, 0.15) is 17.3 Å². The maximum atomic E-state index is 13.6.